The number of amides is 1. The Kier molecular flexibility index (Phi) is 6.78. The predicted molar refractivity (Wildman–Crippen MR) is 122 cm³/mol. The number of hydrogen-bond donors (Lipinski definition) is 1. The molecule has 1 fully saturated rings. The van der Waals surface area contributed by atoms with Gasteiger partial charge in [0.25, 0.3) is 5.91 Å². The van der Waals surface area contributed by atoms with Gasteiger partial charge in [-0.1, -0.05) is 53.8 Å². The minimum atomic E-state index is -0.169. The summed E-state index contributed by atoms with van der Waals surface area (Å²) < 4.78 is 13.2. The monoisotopic (exact) mass is 511 g/mol. The quantitative estimate of drug-likeness (QED) is 0.334. The molecule has 0 bridgehead atoms. The lowest BCUT2D eigenvalue weighted by molar-refractivity contribution is -0.115. The molecule has 140 valence electrons. The van der Waals surface area contributed by atoms with E-state index in [9.17, 15) is 4.79 Å². The number of carbonyl (C=O) groups excluding carboxylic acids is 1. The van der Waals surface area contributed by atoms with Crippen LogP contribution in [0, 0.1) is 10.5 Å². The fourth-order valence-electron chi connectivity index (χ4n) is 2.49. The zero-order valence-electron chi connectivity index (χ0n) is 14.9. The second kappa shape index (κ2) is 9.07. The number of halogens is 1. The maximum absolute atomic E-state index is 11.9. The van der Waals surface area contributed by atoms with Gasteiger partial charge in [-0.05, 0) is 65.8 Å². The molecule has 4 nitrogen and oxygen atoms in total. The van der Waals surface area contributed by atoms with E-state index >= 15 is 0 Å². The fraction of sp³-hybridized carbons (Fsp3) is 0.200. The van der Waals surface area contributed by atoms with Crippen molar-refractivity contribution in [1.29, 1.82) is 0 Å². The normalized spacial score (nSPS) is 15.1. The van der Waals surface area contributed by atoms with E-state index in [2.05, 4.69) is 59.1 Å². The number of carbonyl (C=O) groups is 1. The SMILES string of the molecule is CCOc1cc(/C=C2\SC(=S)NC2=O)cc(I)c1OCc1ccc(C)cc1. The van der Waals surface area contributed by atoms with E-state index in [0.29, 0.717) is 33.9 Å². The molecule has 0 aromatic heterocycles. The number of thiocarbonyl (C=S) groups is 1. The number of hydrogen-bond acceptors (Lipinski definition) is 5. The lowest BCUT2D eigenvalue weighted by atomic mass is 10.1. The number of thioether (sulfide) groups is 1. The molecule has 1 amide bonds. The summed E-state index contributed by atoms with van der Waals surface area (Å²) in [6.07, 6.45) is 1.81. The second-order valence-corrected chi connectivity index (χ2v) is 8.77. The van der Waals surface area contributed by atoms with Crippen molar-refractivity contribution in [3.8, 4) is 11.5 Å². The van der Waals surface area contributed by atoms with Crippen molar-refractivity contribution in [2.75, 3.05) is 6.61 Å². The van der Waals surface area contributed by atoms with Crippen molar-refractivity contribution >= 4 is 62.9 Å². The Bertz CT molecular complexity index is 910. The molecule has 1 aliphatic heterocycles. The molecule has 0 atom stereocenters. The molecule has 0 saturated carbocycles. The number of benzene rings is 2. The zero-order chi connectivity index (χ0) is 19.4. The molecule has 1 heterocycles. The number of ether oxygens (including phenoxy) is 2. The highest BCUT2D eigenvalue weighted by Gasteiger charge is 2.22. The molecular formula is C20H18INO3S2. The summed E-state index contributed by atoms with van der Waals surface area (Å²) in [5.41, 5.74) is 3.18. The Morgan fingerprint density at radius 3 is 2.59 bits per heavy atom. The summed E-state index contributed by atoms with van der Waals surface area (Å²) in [6.45, 7) is 4.98. The van der Waals surface area contributed by atoms with Gasteiger partial charge in [0, 0.05) is 0 Å². The van der Waals surface area contributed by atoms with Crippen LogP contribution in [0.5, 0.6) is 11.5 Å². The van der Waals surface area contributed by atoms with Gasteiger partial charge in [0.05, 0.1) is 15.1 Å². The molecule has 1 N–H and O–H groups in total. The average Bonchev–Trinajstić information content (AvgIpc) is 2.93. The van der Waals surface area contributed by atoms with Crippen molar-refractivity contribution in [3.63, 3.8) is 0 Å². The summed E-state index contributed by atoms with van der Waals surface area (Å²) in [7, 11) is 0. The second-order valence-electron chi connectivity index (χ2n) is 5.89. The fourth-order valence-corrected chi connectivity index (χ4v) is 4.31. The van der Waals surface area contributed by atoms with Gasteiger partial charge in [-0.15, -0.1) is 0 Å². The largest absolute Gasteiger partial charge is 0.490 e. The molecule has 0 unspecified atom stereocenters. The van der Waals surface area contributed by atoms with Gasteiger partial charge < -0.3 is 14.8 Å². The smallest absolute Gasteiger partial charge is 0.263 e. The van der Waals surface area contributed by atoms with Gasteiger partial charge >= 0.3 is 0 Å². The van der Waals surface area contributed by atoms with E-state index in [1.807, 2.05) is 25.1 Å². The van der Waals surface area contributed by atoms with E-state index in [1.165, 1.54) is 17.3 Å². The molecule has 0 spiro atoms. The van der Waals surface area contributed by atoms with Crippen molar-refractivity contribution in [1.82, 2.24) is 5.32 Å². The van der Waals surface area contributed by atoms with Crippen LogP contribution in [0.25, 0.3) is 6.08 Å². The van der Waals surface area contributed by atoms with E-state index < -0.39 is 0 Å². The summed E-state index contributed by atoms with van der Waals surface area (Å²) >= 11 is 8.53. The van der Waals surface area contributed by atoms with Crippen molar-refractivity contribution < 1.29 is 14.3 Å². The van der Waals surface area contributed by atoms with Crippen LogP contribution in [0.2, 0.25) is 0 Å². The zero-order valence-corrected chi connectivity index (χ0v) is 18.7. The highest BCUT2D eigenvalue weighted by molar-refractivity contribution is 14.1. The first-order valence-electron chi connectivity index (χ1n) is 8.36. The van der Waals surface area contributed by atoms with Crippen LogP contribution >= 0.6 is 46.6 Å². The first-order valence-corrected chi connectivity index (χ1v) is 10.7. The van der Waals surface area contributed by atoms with Crippen LogP contribution in [-0.4, -0.2) is 16.8 Å². The van der Waals surface area contributed by atoms with Gasteiger partial charge in [0.2, 0.25) is 0 Å². The van der Waals surface area contributed by atoms with E-state index in [-0.39, 0.29) is 5.91 Å². The maximum atomic E-state index is 11.9. The van der Waals surface area contributed by atoms with Gasteiger partial charge in [-0.2, -0.15) is 0 Å². The van der Waals surface area contributed by atoms with E-state index in [0.717, 1.165) is 14.7 Å². The van der Waals surface area contributed by atoms with Crippen LogP contribution in [0.3, 0.4) is 0 Å². The minimum absolute atomic E-state index is 0.169. The van der Waals surface area contributed by atoms with Crippen LogP contribution in [0.1, 0.15) is 23.6 Å². The van der Waals surface area contributed by atoms with Crippen molar-refractivity contribution in [2.45, 2.75) is 20.5 Å². The molecule has 3 rings (SSSR count). The van der Waals surface area contributed by atoms with Crippen LogP contribution < -0.4 is 14.8 Å². The molecule has 2 aromatic carbocycles. The number of nitrogens with one attached hydrogen (secondary N) is 1. The standard InChI is InChI=1S/C20H18INO3S2/c1-3-24-16-9-14(10-17-19(23)22-20(26)27-17)8-15(21)18(16)25-11-13-6-4-12(2)5-7-13/h4-10H,3,11H2,1-2H3,(H,22,23,26)/b17-10-. The Balaban J connectivity index is 1.85. The van der Waals surface area contributed by atoms with Crippen molar-refractivity contribution in [2.24, 2.45) is 0 Å². The Hall–Kier alpha value is -1.58. The third kappa shape index (κ3) is 5.24. The van der Waals surface area contributed by atoms with Crippen molar-refractivity contribution in [3.05, 3.63) is 61.6 Å². The van der Waals surface area contributed by atoms with Crippen LogP contribution in [0.15, 0.2) is 41.3 Å². The number of aryl methyl sites for hydroxylation is 1. The summed E-state index contributed by atoms with van der Waals surface area (Å²) in [5.74, 6) is 1.20. The molecule has 0 radical (unpaired) electrons. The van der Waals surface area contributed by atoms with E-state index in [1.54, 1.807) is 0 Å². The molecule has 7 heteroatoms. The van der Waals surface area contributed by atoms with Gasteiger partial charge in [0.1, 0.15) is 10.9 Å². The topological polar surface area (TPSA) is 47.6 Å². The maximum Gasteiger partial charge on any atom is 0.263 e. The summed E-state index contributed by atoms with van der Waals surface area (Å²) in [4.78, 5) is 12.5. The first kappa shape index (κ1) is 20.2. The highest BCUT2D eigenvalue weighted by Crippen LogP contribution is 2.36. The van der Waals surface area contributed by atoms with E-state index in [4.69, 9.17) is 21.7 Å². The third-order valence-corrected chi connectivity index (χ3v) is 5.74. The molecule has 2 aromatic rings. The average molecular weight is 511 g/mol. The Labute approximate surface area is 181 Å². The predicted octanol–water partition coefficient (Wildman–Crippen LogP) is 5.07. The molecule has 1 saturated heterocycles. The number of rotatable bonds is 6. The minimum Gasteiger partial charge on any atom is -0.490 e. The molecule has 0 aliphatic carbocycles. The Morgan fingerprint density at radius 1 is 1.22 bits per heavy atom. The molecular weight excluding hydrogens is 493 g/mol. The van der Waals surface area contributed by atoms with Crippen LogP contribution in [0.4, 0.5) is 0 Å². The van der Waals surface area contributed by atoms with Crippen LogP contribution in [-0.2, 0) is 11.4 Å². The summed E-state index contributed by atoms with van der Waals surface area (Å²) in [6, 6.07) is 12.1. The summed E-state index contributed by atoms with van der Waals surface area (Å²) in [5, 5.41) is 2.62. The molecule has 1 aliphatic rings. The third-order valence-electron chi connectivity index (χ3n) is 3.78. The molecule has 27 heavy (non-hydrogen) atoms. The first-order chi connectivity index (χ1) is 13.0. The highest BCUT2D eigenvalue weighted by atomic mass is 127. The lowest BCUT2D eigenvalue weighted by Gasteiger charge is -2.15. The van der Waals surface area contributed by atoms with Gasteiger partial charge in [-0.25, -0.2) is 0 Å². The lowest BCUT2D eigenvalue weighted by Crippen LogP contribution is -2.17. The Morgan fingerprint density at radius 2 is 1.96 bits per heavy atom. The van der Waals surface area contributed by atoms with Gasteiger partial charge in [-0.3, -0.25) is 4.79 Å². The van der Waals surface area contributed by atoms with Gasteiger partial charge in [0.15, 0.2) is 11.5 Å².